The van der Waals surface area contributed by atoms with Crippen molar-refractivity contribution in [2.45, 2.75) is 6.04 Å². The Labute approximate surface area is 143 Å². The molecule has 0 aliphatic heterocycles. The van der Waals surface area contributed by atoms with Gasteiger partial charge in [0.15, 0.2) is 6.61 Å². The van der Waals surface area contributed by atoms with E-state index in [2.05, 4.69) is 10.3 Å². The molecule has 2 aromatic heterocycles. The number of benzene rings is 1. The average molecular weight is 347 g/mol. The first-order valence-corrected chi connectivity index (χ1v) is 7.66. The van der Waals surface area contributed by atoms with Crippen molar-refractivity contribution >= 4 is 28.4 Å². The van der Waals surface area contributed by atoms with Gasteiger partial charge >= 0.3 is 0 Å². The summed E-state index contributed by atoms with van der Waals surface area (Å²) in [5.74, 6) is 0.553. The van der Waals surface area contributed by atoms with Gasteiger partial charge in [-0.15, -0.1) is 0 Å². The van der Waals surface area contributed by atoms with Gasteiger partial charge in [-0.2, -0.15) is 0 Å². The van der Waals surface area contributed by atoms with Crippen molar-refractivity contribution in [2.24, 2.45) is 0 Å². The lowest BCUT2D eigenvalue weighted by atomic mass is 10.2. The number of fused-ring (bicyclic) bond motifs is 1. The van der Waals surface area contributed by atoms with Crippen LogP contribution in [0.25, 0.3) is 10.9 Å². The fourth-order valence-electron chi connectivity index (χ4n) is 2.30. The molecule has 3 rings (SSSR count). The third-order valence-corrected chi connectivity index (χ3v) is 3.77. The Bertz CT molecular complexity index is 836. The van der Waals surface area contributed by atoms with E-state index >= 15 is 0 Å². The highest BCUT2D eigenvalue weighted by Gasteiger charge is 2.17. The van der Waals surface area contributed by atoms with Crippen LogP contribution < -0.4 is 10.1 Å². The molecule has 0 aliphatic carbocycles. The molecule has 1 amide bonds. The summed E-state index contributed by atoms with van der Waals surface area (Å²) in [6.45, 7) is -0.491. The molecular weight excluding hydrogens is 332 g/mol. The lowest BCUT2D eigenvalue weighted by Crippen LogP contribution is -2.34. The fraction of sp³-hybridized carbons (Fsp3) is 0.176. The molecule has 2 N–H and O–H groups in total. The first-order chi connectivity index (χ1) is 11.7. The van der Waals surface area contributed by atoms with E-state index in [4.69, 9.17) is 20.8 Å². The topological polar surface area (TPSA) is 84.6 Å². The van der Waals surface area contributed by atoms with Crippen LogP contribution in [0.5, 0.6) is 5.75 Å². The van der Waals surface area contributed by atoms with Crippen LogP contribution in [0.1, 0.15) is 11.8 Å². The predicted octanol–water partition coefficient (Wildman–Crippen LogP) is 2.71. The van der Waals surface area contributed by atoms with Gasteiger partial charge in [0, 0.05) is 11.6 Å². The van der Waals surface area contributed by atoms with Crippen LogP contribution in [-0.4, -0.2) is 29.2 Å². The van der Waals surface area contributed by atoms with Crippen LogP contribution in [0, 0.1) is 0 Å². The molecule has 0 radical (unpaired) electrons. The molecule has 0 fully saturated rings. The molecule has 24 heavy (non-hydrogen) atoms. The summed E-state index contributed by atoms with van der Waals surface area (Å²) in [6, 6.07) is 9.72. The minimum absolute atomic E-state index is 0.218. The zero-order valence-electron chi connectivity index (χ0n) is 12.6. The van der Waals surface area contributed by atoms with E-state index < -0.39 is 6.04 Å². The number of rotatable bonds is 6. The lowest BCUT2D eigenvalue weighted by Gasteiger charge is -2.14. The third kappa shape index (κ3) is 3.50. The molecule has 124 valence electrons. The van der Waals surface area contributed by atoms with Gasteiger partial charge in [0.2, 0.25) is 0 Å². The molecule has 0 saturated carbocycles. The van der Waals surface area contributed by atoms with E-state index in [1.807, 2.05) is 6.07 Å². The summed E-state index contributed by atoms with van der Waals surface area (Å²) in [4.78, 5) is 16.3. The second-order valence-electron chi connectivity index (χ2n) is 5.05. The Kier molecular flexibility index (Phi) is 4.98. The highest BCUT2D eigenvalue weighted by atomic mass is 35.5. The van der Waals surface area contributed by atoms with Gasteiger partial charge in [0.05, 0.1) is 17.9 Å². The number of halogens is 1. The highest BCUT2D eigenvalue weighted by Crippen LogP contribution is 2.29. The van der Waals surface area contributed by atoms with E-state index in [1.165, 1.54) is 6.26 Å². The molecule has 6 nitrogen and oxygen atoms in total. The van der Waals surface area contributed by atoms with E-state index in [-0.39, 0.29) is 19.1 Å². The van der Waals surface area contributed by atoms with Crippen LogP contribution in [0.2, 0.25) is 5.02 Å². The predicted molar refractivity (Wildman–Crippen MR) is 88.9 cm³/mol. The maximum atomic E-state index is 12.0. The molecular formula is C17H15ClN2O4. The maximum Gasteiger partial charge on any atom is 0.258 e. The molecule has 2 heterocycles. The number of hydrogen-bond acceptors (Lipinski definition) is 5. The van der Waals surface area contributed by atoms with E-state index in [0.29, 0.717) is 22.0 Å². The second-order valence-corrected chi connectivity index (χ2v) is 5.46. The SMILES string of the molecule is O=C(COc1ccc(Cl)c2cccnc12)NC(CO)c1ccco1. The first kappa shape index (κ1) is 16.3. The van der Waals surface area contributed by atoms with Crippen LogP contribution in [0.15, 0.2) is 53.3 Å². The molecule has 3 aromatic rings. The van der Waals surface area contributed by atoms with E-state index in [0.717, 1.165) is 5.39 Å². The van der Waals surface area contributed by atoms with Crippen LogP contribution in [0.3, 0.4) is 0 Å². The molecule has 1 atom stereocenters. The van der Waals surface area contributed by atoms with Crippen LogP contribution >= 0.6 is 11.6 Å². The number of hydrogen-bond donors (Lipinski definition) is 2. The monoisotopic (exact) mass is 346 g/mol. The Hall–Kier alpha value is -2.57. The zero-order valence-corrected chi connectivity index (χ0v) is 13.4. The number of furan rings is 1. The Morgan fingerprint density at radius 2 is 2.21 bits per heavy atom. The molecule has 1 aromatic carbocycles. The normalized spacial score (nSPS) is 12.1. The second kappa shape index (κ2) is 7.33. The van der Waals surface area contributed by atoms with Gasteiger partial charge in [-0.1, -0.05) is 11.6 Å². The summed E-state index contributed by atoms with van der Waals surface area (Å²) in [6.07, 6.45) is 3.11. The minimum Gasteiger partial charge on any atom is -0.481 e. The zero-order chi connectivity index (χ0) is 16.9. The molecule has 0 aliphatic rings. The van der Waals surface area contributed by atoms with Gasteiger partial charge in [-0.05, 0) is 36.4 Å². The number of aliphatic hydroxyl groups is 1. The van der Waals surface area contributed by atoms with Crippen molar-refractivity contribution in [2.75, 3.05) is 13.2 Å². The van der Waals surface area contributed by atoms with E-state index in [9.17, 15) is 9.90 Å². The number of carbonyl (C=O) groups excluding carboxylic acids is 1. The number of amides is 1. The summed E-state index contributed by atoms with van der Waals surface area (Å²) in [5.41, 5.74) is 0.586. The Balaban J connectivity index is 1.67. The molecule has 0 spiro atoms. The van der Waals surface area contributed by atoms with Gasteiger partial charge in [0.25, 0.3) is 5.91 Å². The van der Waals surface area contributed by atoms with Crippen molar-refractivity contribution in [3.8, 4) is 5.75 Å². The Morgan fingerprint density at radius 1 is 1.33 bits per heavy atom. The van der Waals surface area contributed by atoms with Gasteiger partial charge in [0.1, 0.15) is 23.1 Å². The smallest absolute Gasteiger partial charge is 0.258 e. The fourth-order valence-corrected chi connectivity index (χ4v) is 2.52. The van der Waals surface area contributed by atoms with Crippen LogP contribution in [-0.2, 0) is 4.79 Å². The standard InChI is InChI=1S/C17H15ClN2O4/c18-12-5-6-15(17-11(12)3-1-7-19-17)24-10-16(22)20-13(9-21)14-4-2-8-23-14/h1-8,13,21H,9-10H2,(H,20,22). The average Bonchev–Trinajstić information content (AvgIpc) is 3.14. The van der Waals surface area contributed by atoms with Crippen molar-refractivity contribution < 1.29 is 19.1 Å². The van der Waals surface area contributed by atoms with E-state index in [1.54, 1.807) is 36.5 Å². The lowest BCUT2D eigenvalue weighted by molar-refractivity contribution is -0.124. The van der Waals surface area contributed by atoms with Crippen molar-refractivity contribution in [3.63, 3.8) is 0 Å². The number of nitrogens with zero attached hydrogens (tertiary/aromatic N) is 1. The summed E-state index contributed by atoms with van der Waals surface area (Å²) < 4.78 is 10.7. The largest absolute Gasteiger partial charge is 0.481 e. The molecule has 7 heteroatoms. The molecule has 1 unspecified atom stereocenters. The van der Waals surface area contributed by atoms with Crippen molar-refractivity contribution in [1.82, 2.24) is 10.3 Å². The number of aliphatic hydroxyl groups excluding tert-OH is 1. The summed E-state index contributed by atoms with van der Waals surface area (Å²) >= 11 is 6.12. The number of aromatic nitrogens is 1. The quantitative estimate of drug-likeness (QED) is 0.717. The van der Waals surface area contributed by atoms with Crippen molar-refractivity contribution in [1.29, 1.82) is 0 Å². The highest BCUT2D eigenvalue weighted by molar-refractivity contribution is 6.35. The number of pyridine rings is 1. The van der Waals surface area contributed by atoms with Crippen molar-refractivity contribution in [3.05, 3.63) is 59.6 Å². The summed E-state index contributed by atoms with van der Waals surface area (Å²) in [7, 11) is 0. The molecule has 0 bridgehead atoms. The molecule has 0 saturated heterocycles. The summed E-state index contributed by atoms with van der Waals surface area (Å²) in [5, 5.41) is 13.3. The maximum absolute atomic E-state index is 12.0. The van der Waals surface area contributed by atoms with Gasteiger partial charge in [-0.25, -0.2) is 0 Å². The number of nitrogens with one attached hydrogen (secondary N) is 1. The van der Waals surface area contributed by atoms with Crippen LogP contribution in [0.4, 0.5) is 0 Å². The Morgan fingerprint density at radius 3 is 2.96 bits per heavy atom. The number of ether oxygens (including phenoxy) is 1. The minimum atomic E-state index is -0.615. The first-order valence-electron chi connectivity index (χ1n) is 7.28. The number of carbonyl (C=O) groups is 1. The third-order valence-electron chi connectivity index (χ3n) is 3.44. The van der Waals surface area contributed by atoms with Gasteiger partial charge < -0.3 is 19.6 Å². The van der Waals surface area contributed by atoms with Gasteiger partial charge in [-0.3, -0.25) is 9.78 Å².